The monoisotopic (exact) mass is 356 g/mol. The molecular weight excluding hydrogens is 336 g/mol. The predicted molar refractivity (Wildman–Crippen MR) is 94.1 cm³/mol. The lowest BCUT2D eigenvalue weighted by Crippen LogP contribution is -2.41. The molecular formula is C19H20N2O5. The number of benzene rings is 2. The van der Waals surface area contributed by atoms with Crippen molar-refractivity contribution in [1.29, 1.82) is 0 Å². The first-order valence-electron chi connectivity index (χ1n) is 8.36. The molecule has 7 nitrogen and oxygen atoms in total. The zero-order valence-corrected chi connectivity index (χ0v) is 14.4. The van der Waals surface area contributed by atoms with Crippen LogP contribution in [-0.4, -0.2) is 25.2 Å². The molecule has 3 rings (SSSR count). The third-order valence-corrected chi connectivity index (χ3v) is 3.82. The molecule has 0 atom stereocenters. The van der Waals surface area contributed by atoms with Crippen molar-refractivity contribution < 1.29 is 23.8 Å². The van der Waals surface area contributed by atoms with Gasteiger partial charge in [-0.3, -0.25) is 20.4 Å². The lowest BCUT2D eigenvalue weighted by atomic mass is 10.1. The molecule has 0 fully saturated rings. The average Bonchev–Trinajstić information content (AvgIpc) is 3.13. The van der Waals surface area contributed by atoms with Gasteiger partial charge in [-0.05, 0) is 55.3 Å². The van der Waals surface area contributed by atoms with Gasteiger partial charge in [-0.15, -0.1) is 0 Å². The summed E-state index contributed by atoms with van der Waals surface area (Å²) >= 11 is 0. The van der Waals surface area contributed by atoms with Crippen molar-refractivity contribution in [1.82, 2.24) is 10.9 Å². The van der Waals surface area contributed by atoms with E-state index in [1.807, 2.05) is 25.1 Å². The van der Waals surface area contributed by atoms with E-state index in [0.29, 0.717) is 35.8 Å². The van der Waals surface area contributed by atoms with E-state index in [-0.39, 0.29) is 25.0 Å². The summed E-state index contributed by atoms with van der Waals surface area (Å²) in [4.78, 5) is 23.9. The topological polar surface area (TPSA) is 85.9 Å². The Hall–Kier alpha value is -3.22. The fraction of sp³-hybridized carbons (Fsp3) is 0.263. The van der Waals surface area contributed by atoms with Gasteiger partial charge in [-0.25, -0.2) is 0 Å². The number of ether oxygens (including phenoxy) is 3. The molecule has 7 heteroatoms. The SMILES string of the molecule is CCOc1ccc(C(=O)NNC(=O)CCc2ccc3c(c2)OCO3)cc1. The zero-order valence-electron chi connectivity index (χ0n) is 14.4. The van der Waals surface area contributed by atoms with Gasteiger partial charge in [0.25, 0.3) is 5.91 Å². The number of rotatable bonds is 6. The third-order valence-electron chi connectivity index (χ3n) is 3.82. The van der Waals surface area contributed by atoms with Gasteiger partial charge in [0.1, 0.15) is 5.75 Å². The zero-order chi connectivity index (χ0) is 18.4. The summed E-state index contributed by atoms with van der Waals surface area (Å²) in [5.41, 5.74) is 6.22. The lowest BCUT2D eigenvalue weighted by Gasteiger charge is -2.08. The molecule has 0 saturated carbocycles. The number of hydrazine groups is 1. The fourth-order valence-corrected chi connectivity index (χ4v) is 2.48. The van der Waals surface area contributed by atoms with E-state index < -0.39 is 0 Å². The highest BCUT2D eigenvalue weighted by Gasteiger charge is 2.14. The second-order valence-corrected chi connectivity index (χ2v) is 5.65. The Morgan fingerprint density at radius 1 is 1.04 bits per heavy atom. The molecule has 2 aromatic carbocycles. The molecule has 2 aromatic rings. The molecule has 1 aliphatic heterocycles. The summed E-state index contributed by atoms with van der Waals surface area (Å²) in [6.07, 6.45) is 0.768. The Bertz CT molecular complexity index is 789. The van der Waals surface area contributed by atoms with E-state index in [4.69, 9.17) is 14.2 Å². The number of hydrogen-bond acceptors (Lipinski definition) is 5. The van der Waals surface area contributed by atoms with Crippen molar-refractivity contribution in [2.75, 3.05) is 13.4 Å². The summed E-state index contributed by atoms with van der Waals surface area (Å²) in [5.74, 6) is 1.43. The van der Waals surface area contributed by atoms with Crippen molar-refractivity contribution in [2.24, 2.45) is 0 Å². The maximum absolute atomic E-state index is 12.0. The number of carbonyl (C=O) groups excluding carboxylic acids is 2. The normalized spacial score (nSPS) is 11.7. The van der Waals surface area contributed by atoms with Gasteiger partial charge in [0.05, 0.1) is 6.61 Å². The molecule has 0 aromatic heterocycles. The van der Waals surface area contributed by atoms with Crippen LogP contribution in [0.4, 0.5) is 0 Å². The Morgan fingerprint density at radius 2 is 1.81 bits per heavy atom. The molecule has 2 N–H and O–H groups in total. The number of carbonyl (C=O) groups is 2. The van der Waals surface area contributed by atoms with Crippen LogP contribution in [0.25, 0.3) is 0 Å². The second-order valence-electron chi connectivity index (χ2n) is 5.65. The first-order chi connectivity index (χ1) is 12.7. The van der Waals surface area contributed by atoms with Crippen LogP contribution >= 0.6 is 0 Å². The van der Waals surface area contributed by atoms with E-state index in [2.05, 4.69) is 10.9 Å². The van der Waals surface area contributed by atoms with Crippen LogP contribution in [0.3, 0.4) is 0 Å². The fourth-order valence-electron chi connectivity index (χ4n) is 2.48. The highest BCUT2D eigenvalue weighted by molar-refractivity contribution is 5.95. The maximum Gasteiger partial charge on any atom is 0.269 e. The van der Waals surface area contributed by atoms with Gasteiger partial charge in [-0.1, -0.05) is 6.07 Å². The molecule has 0 radical (unpaired) electrons. The van der Waals surface area contributed by atoms with Crippen LogP contribution in [0, 0.1) is 0 Å². The second kappa shape index (κ2) is 8.24. The van der Waals surface area contributed by atoms with Crippen LogP contribution in [0.5, 0.6) is 17.2 Å². The van der Waals surface area contributed by atoms with Crippen molar-refractivity contribution in [3.05, 3.63) is 53.6 Å². The predicted octanol–water partition coefficient (Wildman–Crippen LogP) is 2.21. The minimum Gasteiger partial charge on any atom is -0.494 e. The first kappa shape index (κ1) is 17.6. The van der Waals surface area contributed by atoms with Crippen LogP contribution < -0.4 is 25.1 Å². The van der Waals surface area contributed by atoms with E-state index in [1.165, 1.54) is 0 Å². The summed E-state index contributed by atoms with van der Waals surface area (Å²) in [6.45, 7) is 2.67. The molecule has 0 spiro atoms. The lowest BCUT2D eigenvalue weighted by molar-refractivity contribution is -0.121. The van der Waals surface area contributed by atoms with E-state index in [9.17, 15) is 9.59 Å². The van der Waals surface area contributed by atoms with Crippen molar-refractivity contribution in [3.63, 3.8) is 0 Å². The molecule has 26 heavy (non-hydrogen) atoms. The van der Waals surface area contributed by atoms with Gasteiger partial charge in [-0.2, -0.15) is 0 Å². The van der Waals surface area contributed by atoms with Crippen LogP contribution in [0.2, 0.25) is 0 Å². The standard InChI is InChI=1S/C19H20N2O5/c1-2-24-15-7-5-14(6-8-15)19(23)21-20-18(22)10-4-13-3-9-16-17(11-13)26-12-25-16/h3,5-9,11H,2,4,10,12H2,1H3,(H,20,22)(H,21,23). The van der Waals surface area contributed by atoms with Gasteiger partial charge < -0.3 is 14.2 Å². The Morgan fingerprint density at radius 3 is 2.58 bits per heavy atom. The van der Waals surface area contributed by atoms with Gasteiger partial charge in [0, 0.05) is 12.0 Å². The van der Waals surface area contributed by atoms with Gasteiger partial charge in [0.15, 0.2) is 11.5 Å². The summed E-state index contributed by atoms with van der Waals surface area (Å²) < 4.78 is 15.9. The quantitative estimate of drug-likeness (QED) is 0.775. The molecule has 0 bridgehead atoms. The van der Waals surface area contributed by atoms with E-state index >= 15 is 0 Å². The van der Waals surface area contributed by atoms with Crippen molar-refractivity contribution in [3.8, 4) is 17.2 Å². The molecule has 1 heterocycles. The van der Waals surface area contributed by atoms with Crippen LogP contribution in [0.1, 0.15) is 29.3 Å². The van der Waals surface area contributed by atoms with Crippen molar-refractivity contribution >= 4 is 11.8 Å². The summed E-state index contributed by atoms with van der Waals surface area (Å²) in [5, 5.41) is 0. The summed E-state index contributed by atoms with van der Waals surface area (Å²) in [6, 6.07) is 12.3. The van der Waals surface area contributed by atoms with Crippen LogP contribution in [-0.2, 0) is 11.2 Å². The van der Waals surface area contributed by atoms with Gasteiger partial charge in [0.2, 0.25) is 12.7 Å². The molecule has 1 aliphatic rings. The largest absolute Gasteiger partial charge is 0.494 e. The third kappa shape index (κ3) is 4.44. The van der Waals surface area contributed by atoms with Gasteiger partial charge >= 0.3 is 0 Å². The Labute approximate surface area is 151 Å². The highest BCUT2D eigenvalue weighted by atomic mass is 16.7. The summed E-state index contributed by atoms with van der Waals surface area (Å²) in [7, 11) is 0. The first-order valence-corrected chi connectivity index (χ1v) is 8.36. The van der Waals surface area contributed by atoms with E-state index in [0.717, 1.165) is 5.56 Å². The number of aryl methyl sites for hydroxylation is 1. The molecule has 0 unspecified atom stereocenters. The molecule has 0 aliphatic carbocycles. The smallest absolute Gasteiger partial charge is 0.269 e. The van der Waals surface area contributed by atoms with Crippen LogP contribution in [0.15, 0.2) is 42.5 Å². The Kier molecular flexibility index (Phi) is 5.58. The van der Waals surface area contributed by atoms with Crippen molar-refractivity contribution in [2.45, 2.75) is 19.8 Å². The number of amides is 2. The molecule has 0 saturated heterocycles. The molecule has 136 valence electrons. The van der Waals surface area contributed by atoms with E-state index in [1.54, 1.807) is 24.3 Å². The number of fused-ring (bicyclic) bond motifs is 1. The average molecular weight is 356 g/mol. The minimum atomic E-state index is -0.385. The molecule has 2 amide bonds. The number of nitrogens with one attached hydrogen (secondary N) is 2. The Balaban J connectivity index is 1.44. The minimum absolute atomic E-state index is 0.219. The maximum atomic E-state index is 12.0. The highest BCUT2D eigenvalue weighted by Crippen LogP contribution is 2.32. The number of hydrogen-bond donors (Lipinski definition) is 2.